The Hall–Kier alpha value is -3.72. The molecule has 2 aromatic rings. The second-order valence-electron chi connectivity index (χ2n) is 9.66. The number of allylic oxidation sites excluding steroid dienone is 2. The number of carbonyl (C=O) groups excluding carboxylic acids is 1. The molecule has 206 valence electrons. The van der Waals surface area contributed by atoms with Gasteiger partial charge in [0, 0.05) is 20.0 Å². The molecule has 0 spiro atoms. The lowest BCUT2D eigenvalue weighted by atomic mass is 10.0. The molecule has 0 bridgehead atoms. The normalized spacial score (nSPS) is 15.1. The zero-order valence-corrected chi connectivity index (χ0v) is 22.5. The predicted molar refractivity (Wildman–Crippen MR) is 150 cm³/mol. The van der Waals surface area contributed by atoms with Gasteiger partial charge < -0.3 is 36.1 Å². The summed E-state index contributed by atoms with van der Waals surface area (Å²) in [4.78, 5) is 16.3. The number of anilines is 1. The van der Waals surface area contributed by atoms with E-state index in [1.165, 1.54) is 7.11 Å². The van der Waals surface area contributed by atoms with Gasteiger partial charge in [-0.3, -0.25) is 9.79 Å². The van der Waals surface area contributed by atoms with Crippen molar-refractivity contribution in [2.24, 2.45) is 10.7 Å². The molecule has 6 N–H and O–H groups in total. The summed E-state index contributed by atoms with van der Waals surface area (Å²) < 4.78 is 11.6. The summed E-state index contributed by atoms with van der Waals surface area (Å²) in [5.41, 5.74) is 7.80. The van der Waals surface area contributed by atoms with Gasteiger partial charge in [0.05, 0.1) is 12.8 Å². The third-order valence-electron chi connectivity index (χ3n) is 6.79. The van der Waals surface area contributed by atoms with Gasteiger partial charge in [-0.15, -0.1) is 0 Å². The maximum atomic E-state index is 12.4. The van der Waals surface area contributed by atoms with Crippen LogP contribution in [0.15, 0.2) is 47.5 Å². The van der Waals surface area contributed by atoms with Crippen LogP contribution in [0.1, 0.15) is 49.7 Å². The Kier molecular flexibility index (Phi) is 10.4. The Morgan fingerprint density at radius 3 is 2.55 bits per heavy atom. The molecule has 1 aliphatic carbocycles. The molecule has 1 aliphatic rings. The van der Waals surface area contributed by atoms with Crippen molar-refractivity contribution < 1.29 is 24.5 Å². The number of aryl methyl sites for hydroxylation is 2. The average molecular weight is 525 g/mol. The molecule has 0 aliphatic heterocycles. The molecule has 0 heterocycles. The summed E-state index contributed by atoms with van der Waals surface area (Å²) in [6, 6.07) is 8.79. The van der Waals surface area contributed by atoms with E-state index in [4.69, 9.17) is 15.2 Å². The first kappa shape index (κ1) is 28.8. The van der Waals surface area contributed by atoms with Crippen LogP contribution >= 0.6 is 0 Å². The van der Waals surface area contributed by atoms with Gasteiger partial charge >= 0.3 is 0 Å². The summed E-state index contributed by atoms with van der Waals surface area (Å²) in [7, 11) is 4.97. The Bertz CT molecular complexity index is 1160. The maximum absolute atomic E-state index is 12.4. The van der Waals surface area contributed by atoms with Crippen molar-refractivity contribution >= 4 is 17.4 Å². The Balaban J connectivity index is 1.66. The highest BCUT2D eigenvalue weighted by molar-refractivity contribution is 5.94. The number of hydrogen-bond donors (Lipinski definition) is 5. The Morgan fingerprint density at radius 2 is 1.87 bits per heavy atom. The first-order valence-corrected chi connectivity index (χ1v) is 13.0. The number of ether oxygens (including phenoxy) is 2. The summed E-state index contributed by atoms with van der Waals surface area (Å²) in [5.74, 6) is 1.10. The number of aliphatic imine (C=N–C) groups is 1. The molecule has 9 nitrogen and oxygen atoms in total. The number of nitrogens with zero attached hydrogens (tertiary/aromatic N) is 1. The van der Waals surface area contributed by atoms with Crippen LogP contribution in [0, 0.1) is 0 Å². The molecule has 0 saturated heterocycles. The number of nitrogens with one attached hydrogen (secondary N) is 2. The van der Waals surface area contributed by atoms with E-state index in [9.17, 15) is 15.0 Å². The van der Waals surface area contributed by atoms with E-state index >= 15 is 0 Å². The largest absolute Gasteiger partial charge is 0.504 e. The van der Waals surface area contributed by atoms with Crippen LogP contribution in [0.25, 0.3) is 0 Å². The number of phenols is 2. The third kappa shape index (κ3) is 7.89. The minimum Gasteiger partial charge on any atom is -0.504 e. The highest BCUT2D eigenvalue weighted by Crippen LogP contribution is 2.42. The van der Waals surface area contributed by atoms with Crippen LogP contribution in [0.5, 0.6) is 23.0 Å². The zero-order chi connectivity index (χ0) is 27.5. The lowest BCUT2D eigenvalue weighted by molar-refractivity contribution is -0.114. The summed E-state index contributed by atoms with van der Waals surface area (Å²) in [6.45, 7) is 0.694. The fourth-order valence-corrected chi connectivity index (χ4v) is 4.76. The van der Waals surface area contributed by atoms with Crippen molar-refractivity contribution in [3.63, 3.8) is 0 Å². The van der Waals surface area contributed by atoms with Crippen molar-refractivity contribution in [2.45, 2.75) is 57.0 Å². The zero-order valence-electron chi connectivity index (χ0n) is 22.5. The van der Waals surface area contributed by atoms with Gasteiger partial charge in [0.2, 0.25) is 0 Å². The van der Waals surface area contributed by atoms with Crippen molar-refractivity contribution in [3.8, 4) is 23.0 Å². The molecule has 3 rings (SSSR count). The van der Waals surface area contributed by atoms with Gasteiger partial charge in [0.1, 0.15) is 5.60 Å². The number of benzene rings is 2. The van der Waals surface area contributed by atoms with E-state index in [0.717, 1.165) is 36.8 Å². The minimum atomic E-state index is -0.361. The number of phenolic OH excluding ortho intramolecular Hbond substituents is 2. The molecule has 0 amide bonds. The monoisotopic (exact) mass is 524 g/mol. The van der Waals surface area contributed by atoms with E-state index in [2.05, 4.69) is 15.6 Å². The fourth-order valence-electron chi connectivity index (χ4n) is 4.76. The molecule has 0 radical (unpaired) electrons. The van der Waals surface area contributed by atoms with E-state index in [1.807, 2.05) is 25.3 Å². The van der Waals surface area contributed by atoms with Crippen LogP contribution < -0.4 is 25.8 Å². The predicted octanol–water partition coefficient (Wildman–Crippen LogP) is 4.06. The lowest BCUT2D eigenvalue weighted by Crippen LogP contribution is -2.42. The number of guanidine groups is 1. The van der Waals surface area contributed by atoms with Crippen LogP contribution in [-0.4, -0.2) is 55.3 Å². The smallest absolute Gasteiger partial charge is 0.192 e. The topological polar surface area (TPSA) is 138 Å². The Morgan fingerprint density at radius 1 is 1.13 bits per heavy atom. The molecular weight excluding hydrogens is 484 g/mol. The second kappa shape index (κ2) is 13.7. The molecule has 1 fully saturated rings. The van der Waals surface area contributed by atoms with Gasteiger partial charge in [0.15, 0.2) is 34.7 Å². The highest BCUT2D eigenvalue weighted by Gasteiger charge is 2.36. The van der Waals surface area contributed by atoms with E-state index in [1.54, 1.807) is 31.3 Å². The second-order valence-corrected chi connectivity index (χ2v) is 9.66. The average Bonchev–Trinajstić information content (AvgIpc) is 3.36. The summed E-state index contributed by atoms with van der Waals surface area (Å²) >= 11 is 0. The van der Waals surface area contributed by atoms with Crippen molar-refractivity contribution in [3.05, 3.63) is 53.6 Å². The number of methoxy groups -OCH3 is 1. The molecule has 0 atom stereocenters. The standard InChI is InChI=1S/C29H40N4O5/c1-31-19-29(14-6-7-15-29)38-26-18-21(16-23(27(26)36)33-28(30)32-2)8-4-5-9-22(34)12-10-20-11-13-24(35)25(17-20)37-3/h5,9,11,13,16-18,31,35-36H,4,6-8,10,12,14-15,19H2,1-3H3,(H3,30,32,33). The van der Waals surface area contributed by atoms with Gasteiger partial charge in [-0.25, -0.2) is 0 Å². The van der Waals surface area contributed by atoms with Gasteiger partial charge in [0.25, 0.3) is 0 Å². The Labute approximate surface area is 224 Å². The van der Waals surface area contributed by atoms with E-state index in [-0.39, 0.29) is 28.8 Å². The number of nitrogens with two attached hydrogens (primary N) is 1. The minimum absolute atomic E-state index is 0.000640. The van der Waals surface area contributed by atoms with Crippen molar-refractivity contribution in [1.82, 2.24) is 5.32 Å². The number of aromatic hydroxyl groups is 2. The number of hydrogen-bond acceptors (Lipinski definition) is 7. The van der Waals surface area contributed by atoms with Crippen LogP contribution in [0.2, 0.25) is 0 Å². The highest BCUT2D eigenvalue weighted by atomic mass is 16.5. The van der Waals surface area contributed by atoms with Gasteiger partial charge in [-0.1, -0.05) is 12.1 Å². The van der Waals surface area contributed by atoms with Crippen LogP contribution in [0.3, 0.4) is 0 Å². The van der Waals surface area contributed by atoms with E-state index in [0.29, 0.717) is 49.4 Å². The molecule has 9 heteroatoms. The van der Waals surface area contributed by atoms with E-state index < -0.39 is 0 Å². The number of rotatable bonds is 13. The number of ketones is 1. The number of likely N-dealkylation sites (N-methyl/N-ethyl adjacent to an activating group) is 1. The molecule has 38 heavy (non-hydrogen) atoms. The van der Waals surface area contributed by atoms with Crippen LogP contribution in [0.4, 0.5) is 5.69 Å². The molecule has 1 saturated carbocycles. The van der Waals surface area contributed by atoms with Gasteiger partial charge in [-0.2, -0.15) is 0 Å². The van der Waals surface area contributed by atoms with Crippen LogP contribution in [-0.2, 0) is 17.6 Å². The lowest BCUT2D eigenvalue weighted by Gasteiger charge is -2.31. The molecule has 0 unspecified atom stereocenters. The van der Waals surface area contributed by atoms with Gasteiger partial charge in [-0.05, 0) is 93.5 Å². The maximum Gasteiger partial charge on any atom is 0.192 e. The SMILES string of the molecule is CN=C(N)Nc1cc(CCC=CC(=O)CCc2ccc(O)c(OC)c2)cc(OC2(CNC)CCCC2)c1O. The summed E-state index contributed by atoms with van der Waals surface area (Å²) in [5, 5.41) is 26.8. The summed E-state index contributed by atoms with van der Waals surface area (Å²) in [6.07, 6.45) is 9.68. The first-order chi connectivity index (χ1) is 18.3. The molecule has 2 aromatic carbocycles. The first-order valence-electron chi connectivity index (χ1n) is 13.0. The third-order valence-corrected chi connectivity index (χ3v) is 6.79. The quantitative estimate of drug-likeness (QED) is 0.114. The number of carbonyl (C=O) groups is 1. The molecular formula is C29H40N4O5. The van der Waals surface area contributed by atoms with Crippen molar-refractivity contribution in [1.29, 1.82) is 0 Å². The van der Waals surface area contributed by atoms with Crippen molar-refractivity contribution in [2.75, 3.05) is 33.1 Å². The fraction of sp³-hybridized carbons (Fsp3) is 0.448. The molecule has 0 aromatic heterocycles.